The van der Waals surface area contributed by atoms with Gasteiger partial charge in [0.1, 0.15) is 0 Å². The van der Waals surface area contributed by atoms with Crippen molar-refractivity contribution in [3.05, 3.63) is 112 Å². The molecule has 0 spiro atoms. The Hall–Kier alpha value is -4.08. The quantitative estimate of drug-likeness (QED) is 0.323. The fourth-order valence-corrected chi connectivity index (χ4v) is 5.02. The van der Waals surface area contributed by atoms with E-state index in [4.69, 9.17) is 0 Å². The molecule has 0 saturated carbocycles. The van der Waals surface area contributed by atoms with Crippen LogP contribution >= 0.6 is 11.3 Å². The summed E-state index contributed by atoms with van der Waals surface area (Å²) < 4.78 is 29.3. The Bertz CT molecular complexity index is 1610. The molecular weight excluding hydrogens is 468 g/mol. The van der Waals surface area contributed by atoms with Crippen molar-refractivity contribution in [1.82, 2.24) is 14.6 Å². The van der Waals surface area contributed by atoms with Crippen molar-refractivity contribution in [2.45, 2.75) is 0 Å². The average molecular weight is 487 g/mol. The van der Waals surface area contributed by atoms with Crippen molar-refractivity contribution in [2.75, 3.05) is 4.72 Å². The van der Waals surface area contributed by atoms with E-state index in [1.54, 1.807) is 41.0 Å². The fraction of sp³-hybridized carbons (Fsp3) is 0. The van der Waals surface area contributed by atoms with Gasteiger partial charge in [0.2, 0.25) is 5.78 Å². The van der Waals surface area contributed by atoms with Crippen LogP contribution in [0.4, 0.5) is 5.69 Å². The minimum Gasteiger partial charge on any atom is -0.287 e. The summed E-state index contributed by atoms with van der Waals surface area (Å²) in [7, 11) is -3.72. The van der Waals surface area contributed by atoms with Crippen LogP contribution in [0.5, 0.6) is 0 Å². The molecule has 1 N–H and O–H groups in total. The molecule has 9 heteroatoms. The van der Waals surface area contributed by atoms with Gasteiger partial charge in [0, 0.05) is 17.4 Å². The first kappa shape index (κ1) is 21.7. The van der Waals surface area contributed by atoms with Gasteiger partial charge in [-0.2, -0.15) is 5.10 Å². The number of ketones is 1. The molecule has 0 amide bonds. The number of aromatic nitrogens is 3. The highest BCUT2D eigenvalue weighted by Gasteiger charge is 2.18. The second-order valence-corrected chi connectivity index (χ2v) is 9.89. The number of thiophene rings is 1. The molecule has 168 valence electrons. The predicted molar refractivity (Wildman–Crippen MR) is 134 cm³/mol. The molecule has 0 aliphatic carbocycles. The number of fused-ring (bicyclic) bond motifs is 1. The molecule has 3 heterocycles. The number of nitrogens with zero attached hydrogens (tertiary/aromatic N) is 3. The van der Waals surface area contributed by atoms with Crippen LogP contribution in [0.15, 0.2) is 96.0 Å². The lowest BCUT2D eigenvalue weighted by Crippen LogP contribution is -2.09. The monoisotopic (exact) mass is 486 g/mol. The summed E-state index contributed by atoms with van der Waals surface area (Å²) in [4.78, 5) is 17.8. The lowest BCUT2D eigenvalue weighted by Gasteiger charge is -2.09. The van der Waals surface area contributed by atoms with Gasteiger partial charge in [0.25, 0.3) is 10.0 Å². The van der Waals surface area contributed by atoms with Crippen LogP contribution in [-0.2, 0) is 10.0 Å². The molecule has 0 unspecified atom stereocenters. The third-order valence-electron chi connectivity index (χ3n) is 5.05. The first-order valence-corrected chi connectivity index (χ1v) is 12.7. The molecule has 0 atom stereocenters. The van der Waals surface area contributed by atoms with E-state index >= 15 is 0 Å². The zero-order valence-electron chi connectivity index (χ0n) is 17.7. The lowest BCUT2D eigenvalue weighted by molar-refractivity contribution is 0.104. The molecule has 3 aromatic heterocycles. The van der Waals surface area contributed by atoms with Crippen LogP contribution < -0.4 is 4.72 Å². The summed E-state index contributed by atoms with van der Waals surface area (Å²) in [6, 6.07) is 21.5. The van der Waals surface area contributed by atoms with E-state index in [0.29, 0.717) is 27.5 Å². The Kier molecular flexibility index (Phi) is 5.79. The molecule has 5 rings (SSSR count). The Morgan fingerprint density at radius 3 is 2.65 bits per heavy atom. The fourth-order valence-electron chi connectivity index (χ4n) is 3.48. The predicted octanol–water partition coefficient (Wildman–Crippen LogP) is 5.10. The number of carbonyl (C=O) groups excluding carboxylic acids is 1. The van der Waals surface area contributed by atoms with Crippen molar-refractivity contribution in [3.63, 3.8) is 0 Å². The average Bonchev–Trinajstić information content (AvgIpc) is 3.53. The van der Waals surface area contributed by atoms with Gasteiger partial charge >= 0.3 is 0 Å². The molecule has 0 radical (unpaired) electrons. The molecule has 0 fully saturated rings. The van der Waals surface area contributed by atoms with Crippen molar-refractivity contribution in [2.24, 2.45) is 0 Å². The van der Waals surface area contributed by atoms with Gasteiger partial charge in [-0.25, -0.2) is 17.9 Å². The molecule has 0 aliphatic rings. The van der Waals surface area contributed by atoms with Gasteiger partial charge in [-0.3, -0.25) is 9.52 Å². The van der Waals surface area contributed by atoms with E-state index in [0.717, 1.165) is 16.5 Å². The van der Waals surface area contributed by atoms with Gasteiger partial charge in [-0.15, -0.1) is 11.3 Å². The topological polar surface area (TPSA) is 93.4 Å². The number of anilines is 1. The first-order chi connectivity index (χ1) is 16.5. The molecule has 0 aliphatic heterocycles. The Morgan fingerprint density at radius 2 is 1.85 bits per heavy atom. The zero-order chi connectivity index (χ0) is 23.5. The number of carbonyl (C=O) groups is 1. The number of rotatable bonds is 7. The Morgan fingerprint density at radius 1 is 1.00 bits per heavy atom. The number of nitrogens with one attached hydrogen (secondary N) is 1. The minimum atomic E-state index is -3.72. The second kappa shape index (κ2) is 9.05. The van der Waals surface area contributed by atoms with E-state index in [2.05, 4.69) is 14.8 Å². The highest BCUT2D eigenvalue weighted by Crippen LogP contribution is 2.26. The molecule has 7 nitrogen and oxygen atoms in total. The molecular formula is C25H18N4O3S2. The van der Waals surface area contributed by atoms with E-state index in [-0.39, 0.29) is 5.78 Å². The highest BCUT2D eigenvalue weighted by molar-refractivity contribution is 7.95. The van der Waals surface area contributed by atoms with Crippen molar-refractivity contribution < 1.29 is 13.2 Å². The number of hydrogen-bond acceptors (Lipinski definition) is 6. The summed E-state index contributed by atoms with van der Waals surface area (Å²) >= 11 is 1.36. The van der Waals surface area contributed by atoms with E-state index in [1.807, 2.05) is 47.8 Å². The third kappa shape index (κ3) is 4.52. The van der Waals surface area contributed by atoms with Crippen molar-refractivity contribution in [1.29, 1.82) is 0 Å². The summed E-state index contributed by atoms with van der Waals surface area (Å²) in [6.45, 7) is 0. The van der Waals surface area contributed by atoms with Crippen molar-refractivity contribution in [3.8, 4) is 11.3 Å². The van der Waals surface area contributed by atoms with E-state index in [9.17, 15) is 13.2 Å². The SMILES string of the molecule is O=C(c1cccs1)c1cnn2c(-c3cccc(NS(=O)(=O)C=Cc4ccccc4)c3)ccnc12. The van der Waals surface area contributed by atoms with Crippen LogP contribution in [0.2, 0.25) is 0 Å². The van der Waals surface area contributed by atoms with Gasteiger partial charge in [-0.1, -0.05) is 48.5 Å². The molecule has 2 aromatic carbocycles. The van der Waals surface area contributed by atoms with E-state index < -0.39 is 10.0 Å². The second-order valence-electron chi connectivity index (χ2n) is 7.37. The first-order valence-electron chi connectivity index (χ1n) is 10.3. The van der Waals surface area contributed by atoms with E-state index in [1.165, 1.54) is 23.6 Å². The van der Waals surface area contributed by atoms with Gasteiger partial charge < -0.3 is 0 Å². The summed E-state index contributed by atoms with van der Waals surface area (Å²) in [5, 5.41) is 7.36. The maximum absolute atomic E-state index is 12.8. The van der Waals surface area contributed by atoms with Crippen LogP contribution in [0, 0.1) is 0 Å². The highest BCUT2D eigenvalue weighted by atomic mass is 32.2. The van der Waals surface area contributed by atoms with Crippen LogP contribution in [-0.4, -0.2) is 28.8 Å². The van der Waals surface area contributed by atoms with Crippen LogP contribution in [0.3, 0.4) is 0 Å². The standard InChI is InChI=1S/C25H18N4O3S2/c30-24(23-10-5-14-33-23)21-17-27-29-22(11-13-26-25(21)29)19-8-4-9-20(16-19)28-34(31,32)15-12-18-6-2-1-3-7-18/h1-17,28H. The minimum absolute atomic E-state index is 0.138. The van der Waals surface area contributed by atoms with Gasteiger partial charge in [0.05, 0.1) is 27.7 Å². The summed E-state index contributed by atoms with van der Waals surface area (Å²) in [5.41, 5.74) is 3.43. The van der Waals surface area contributed by atoms with Crippen LogP contribution in [0.1, 0.15) is 20.8 Å². The largest absolute Gasteiger partial charge is 0.287 e. The van der Waals surface area contributed by atoms with Crippen molar-refractivity contribution >= 4 is 44.6 Å². The third-order valence-corrected chi connectivity index (χ3v) is 6.93. The maximum Gasteiger partial charge on any atom is 0.255 e. The number of sulfonamides is 1. The number of hydrogen-bond donors (Lipinski definition) is 1. The van der Waals surface area contributed by atoms with Crippen LogP contribution in [0.25, 0.3) is 23.0 Å². The summed E-state index contributed by atoms with van der Waals surface area (Å²) in [6.07, 6.45) is 4.65. The normalized spacial score (nSPS) is 11.8. The maximum atomic E-state index is 12.8. The molecule has 0 bridgehead atoms. The summed E-state index contributed by atoms with van der Waals surface area (Å²) in [5.74, 6) is -0.138. The Labute approximate surface area is 200 Å². The molecule has 5 aromatic rings. The zero-order valence-corrected chi connectivity index (χ0v) is 19.3. The van der Waals surface area contributed by atoms with Gasteiger partial charge in [0.15, 0.2) is 5.65 Å². The Balaban J connectivity index is 1.45. The van der Waals surface area contributed by atoms with Gasteiger partial charge in [-0.05, 0) is 41.3 Å². The molecule has 0 saturated heterocycles. The molecule has 34 heavy (non-hydrogen) atoms. The lowest BCUT2D eigenvalue weighted by atomic mass is 10.1. The smallest absolute Gasteiger partial charge is 0.255 e. The number of benzene rings is 2.